The molecule has 0 aromatic carbocycles. The fourth-order valence-electron chi connectivity index (χ4n) is 5.06. The van der Waals surface area contributed by atoms with Crippen LogP contribution in [-0.4, -0.2) is 40.8 Å². The van der Waals surface area contributed by atoms with E-state index < -0.39 is 5.60 Å². The number of nitrogens with one attached hydrogen (secondary N) is 1. The number of rotatable bonds is 2. The fourth-order valence-corrected chi connectivity index (χ4v) is 5.06. The summed E-state index contributed by atoms with van der Waals surface area (Å²) in [7, 11) is 0. The molecule has 0 aromatic heterocycles. The number of likely N-dealkylation sites (tertiary alicyclic amines) is 1. The summed E-state index contributed by atoms with van der Waals surface area (Å²) in [5.74, 6) is 1.62. The van der Waals surface area contributed by atoms with Crippen molar-refractivity contribution in [2.24, 2.45) is 11.8 Å². The second-order valence-corrected chi connectivity index (χ2v) is 10.1. The number of ether oxygens (including phenoxy) is 1. The van der Waals surface area contributed by atoms with Crippen molar-refractivity contribution in [2.45, 2.75) is 109 Å². The number of piperidine rings is 1. The highest BCUT2D eigenvalue weighted by atomic mass is 16.6. The first-order valence-corrected chi connectivity index (χ1v) is 10.5. The van der Waals surface area contributed by atoms with Crippen LogP contribution in [-0.2, 0) is 4.74 Å². The van der Waals surface area contributed by atoms with Crippen LogP contribution in [0.2, 0.25) is 0 Å². The minimum atomic E-state index is -0.412. The molecule has 144 valence electrons. The van der Waals surface area contributed by atoms with Crippen molar-refractivity contribution in [2.75, 3.05) is 6.54 Å². The highest BCUT2D eigenvalue weighted by Gasteiger charge is 2.50. The molecule has 3 aliphatic rings. The molecule has 2 saturated carbocycles. The van der Waals surface area contributed by atoms with Crippen molar-refractivity contribution in [3.8, 4) is 0 Å². The van der Waals surface area contributed by atoms with Gasteiger partial charge in [0, 0.05) is 24.2 Å². The summed E-state index contributed by atoms with van der Waals surface area (Å²) in [5, 5.41) is 3.99. The van der Waals surface area contributed by atoms with E-state index in [0.717, 1.165) is 44.1 Å². The first kappa shape index (κ1) is 19.0. The van der Waals surface area contributed by atoms with Crippen molar-refractivity contribution in [3.05, 3.63) is 0 Å². The second-order valence-electron chi connectivity index (χ2n) is 10.1. The maximum absolute atomic E-state index is 12.7. The Morgan fingerprint density at radius 1 is 1.16 bits per heavy atom. The van der Waals surface area contributed by atoms with Crippen LogP contribution in [0.15, 0.2) is 0 Å². The van der Waals surface area contributed by atoms with Gasteiger partial charge in [0.15, 0.2) is 0 Å². The number of amides is 1. The SMILES string of the molecule is CC1CCC(C)C(NC2CCN(C(=O)OC(C)(C)C)C3(CCC3)C2)C1. The molecule has 4 atom stereocenters. The Hall–Kier alpha value is -0.770. The van der Waals surface area contributed by atoms with E-state index in [1.54, 1.807) is 0 Å². The zero-order chi connectivity index (χ0) is 18.2. The Morgan fingerprint density at radius 3 is 2.48 bits per heavy atom. The normalized spacial score (nSPS) is 35.3. The van der Waals surface area contributed by atoms with Crippen LogP contribution in [0.3, 0.4) is 0 Å². The van der Waals surface area contributed by atoms with Crippen molar-refractivity contribution in [3.63, 3.8) is 0 Å². The summed E-state index contributed by atoms with van der Waals surface area (Å²) in [4.78, 5) is 14.8. The lowest BCUT2D eigenvalue weighted by Gasteiger charge is -2.55. The lowest BCUT2D eigenvalue weighted by Crippen LogP contribution is -2.64. The van der Waals surface area contributed by atoms with E-state index in [2.05, 4.69) is 24.1 Å². The molecule has 1 aliphatic heterocycles. The number of carbonyl (C=O) groups is 1. The Bertz CT molecular complexity index is 481. The van der Waals surface area contributed by atoms with Gasteiger partial charge >= 0.3 is 6.09 Å². The van der Waals surface area contributed by atoms with Gasteiger partial charge in [-0.1, -0.05) is 20.3 Å². The lowest BCUT2D eigenvalue weighted by atomic mass is 9.68. The van der Waals surface area contributed by atoms with Gasteiger partial charge in [-0.25, -0.2) is 4.79 Å². The average Bonchev–Trinajstić information content (AvgIpc) is 2.47. The van der Waals surface area contributed by atoms with Crippen LogP contribution < -0.4 is 5.32 Å². The van der Waals surface area contributed by atoms with Crippen LogP contribution in [0.25, 0.3) is 0 Å². The molecule has 1 heterocycles. The molecule has 1 N–H and O–H groups in total. The second kappa shape index (κ2) is 7.09. The summed E-state index contributed by atoms with van der Waals surface area (Å²) in [6.45, 7) is 11.5. The maximum atomic E-state index is 12.7. The van der Waals surface area contributed by atoms with Crippen LogP contribution in [0, 0.1) is 11.8 Å². The largest absolute Gasteiger partial charge is 0.444 e. The summed E-state index contributed by atoms with van der Waals surface area (Å²) < 4.78 is 5.69. The minimum absolute atomic E-state index is 0.0573. The van der Waals surface area contributed by atoms with Gasteiger partial charge in [0.2, 0.25) is 0 Å². The lowest BCUT2D eigenvalue weighted by molar-refractivity contribution is -0.0511. The van der Waals surface area contributed by atoms with Gasteiger partial charge in [-0.15, -0.1) is 0 Å². The third-order valence-corrected chi connectivity index (χ3v) is 6.71. The number of carbonyl (C=O) groups excluding carboxylic acids is 1. The van der Waals surface area contributed by atoms with E-state index >= 15 is 0 Å². The smallest absolute Gasteiger partial charge is 0.410 e. The van der Waals surface area contributed by atoms with E-state index in [9.17, 15) is 4.79 Å². The van der Waals surface area contributed by atoms with Crippen molar-refractivity contribution >= 4 is 6.09 Å². The molecular formula is C21H38N2O2. The third kappa shape index (κ3) is 4.32. The van der Waals surface area contributed by atoms with E-state index in [0.29, 0.717) is 12.1 Å². The Labute approximate surface area is 154 Å². The predicted octanol–water partition coefficient (Wildman–Crippen LogP) is 4.72. The highest BCUT2D eigenvalue weighted by Crippen LogP contribution is 2.45. The van der Waals surface area contributed by atoms with Gasteiger partial charge in [0.25, 0.3) is 0 Å². The minimum Gasteiger partial charge on any atom is -0.444 e. The molecule has 0 bridgehead atoms. The van der Waals surface area contributed by atoms with Gasteiger partial charge in [0.1, 0.15) is 5.60 Å². The van der Waals surface area contributed by atoms with Crippen LogP contribution >= 0.6 is 0 Å². The third-order valence-electron chi connectivity index (χ3n) is 6.71. The quantitative estimate of drug-likeness (QED) is 0.783. The molecule has 3 rings (SSSR count). The summed E-state index contributed by atoms with van der Waals surface area (Å²) >= 11 is 0. The molecule has 1 spiro atoms. The van der Waals surface area contributed by atoms with E-state index in [4.69, 9.17) is 4.74 Å². The monoisotopic (exact) mass is 350 g/mol. The average molecular weight is 351 g/mol. The Balaban J connectivity index is 1.61. The Kier molecular flexibility index (Phi) is 5.39. The zero-order valence-electron chi connectivity index (χ0n) is 16.9. The highest BCUT2D eigenvalue weighted by molar-refractivity contribution is 5.69. The van der Waals surface area contributed by atoms with E-state index in [1.165, 1.54) is 25.7 Å². The first-order valence-electron chi connectivity index (χ1n) is 10.5. The van der Waals surface area contributed by atoms with Gasteiger partial charge in [-0.3, -0.25) is 0 Å². The predicted molar refractivity (Wildman–Crippen MR) is 102 cm³/mol. The topological polar surface area (TPSA) is 41.6 Å². The molecule has 0 radical (unpaired) electrons. The van der Waals surface area contributed by atoms with E-state index in [-0.39, 0.29) is 11.6 Å². The fraction of sp³-hybridized carbons (Fsp3) is 0.952. The summed E-state index contributed by atoms with van der Waals surface area (Å²) in [6, 6.07) is 1.20. The Morgan fingerprint density at radius 2 is 1.88 bits per heavy atom. The van der Waals surface area contributed by atoms with E-state index in [1.807, 2.05) is 20.8 Å². The van der Waals surface area contributed by atoms with Crippen molar-refractivity contribution in [1.29, 1.82) is 0 Å². The number of hydrogen-bond donors (Lipinski definition) is 1. The molecule has 4 nitrogen and oxygen atoms in total. The standard InChI is InChI=1S/C21H38N2O2/c1-15-7-8-16(2)18(13-15)22-17-9-12-23(19(24)25-20(3,4)5)21(14-17)10-6-11-21/h15-18,22H,6-14H2,1-5H3. The van der Waals surface area contributed by atoms with Crippen molar-refractivity contribution in [1.82, 2.24) is 10.2 Å². The van der Waals surface area contributed by atoms with Crippen LogP contribution in [0.1, 0.15) is 86.0 Å². The molecule has 1 amide bonds. The summed E-state index contributed by atoms with van der Waals surface area (Å²) in [5.41, 5.74) is -0.355. The molecule has 3 fully saturated rings. The molecule has 4 unspecified atom stereocenters. The maximum Gasteiger partial charge on any atom is 0.410 e. The number of nitrogens with zero attached hydrogens (tertiary/aromatic N) is 1. The van der Waals surface area contributed by atoms with Gasteiger partial charge < -0.3 is 15.0 Å². The molecule has 2 aliphatic carbocycles. The van der Waals surface area contributed by atoms with Gasteiger partial charge in [-0.05, 0) is 77.6 Å². The first-order chi connectivity index (χ1) is 11.7. The molecule has 1 saturated heterocycles. The molecule has 4 heteroatoms. The van der Waals surface area contributed by atoms with Gasteiger partial charge in [0.05, 0.1) is 0 Å². The number of hydrogen-bond acceptors (Lipinski definition) is 3. The molecular weight excluding hydrogens is 312 g/mol. The molecule has 0 aromatic rings. The van der Waals surface area contributed by atoms with Gasteiger partial charge in [-0.2, -0.15) is 0 Å². The van der Waals surface area contributed by atoms with Crippen LogP contribution in [0.4, 0.5) is 4.79 Å². The summed E-state index contributed by atoms with van der Waals surface area (Å²) in [6.07, 6.45) is 9.60. The zero-order valence-corrected chi connectivity index (χ0v) is 16.9. The molecule has 25 heavy (non-hydrogen) atoms. The van der Waals surface area contributed by atoms with Crippen molar-refractivity contribution < 1.29 is 9.53 Å². The van der Waals surface area contributed by atoms with Crippen LogP contribution in [0.5, 0.6) is 0 Å².